The molecule has 0 heterocycles. The van der Waals surface area contributed by atoms with E-state index in [9.17, 15) is 14.4 Å². The van der Waals surface area contributed by atoms with Crippen molar-refractivity contribution in [2.75, 3.05) is 13.2 Å². The second-order valence-electron chi connectivity index (χ2n) is 23.8. The zero-order valence-electron chi connectivity index (χ0n) is 52.7. The quantitative estimate of drug-likeness (QED) is 0.0261. The molecule has 0 aromatic heterocycles. The van der Waals surface area contributed by atoms with Crippen LogP contribution in [-0.2, 0) is 28.6 Å². The molecule has 0 radical (unpaired) electrons. The van der Waals surface area contributed by atoms with Gasteiger partial charge >= 0.3 is 17.9 Å². The number of allylic oxidation sites excluding steroid dienone is 6. The van der Waals surface area contributed by atoms with Crippen LogP contribution in [0.2, 0.25) is 0 Å². The third kappa shape index (κ3) is 64.5. The van der Waals surface area contributed by atoms with Crippen molar-refractivity contribution >= 4 is 17.9 Å². The van der Waals surface area contributed by atoms with Gasteiger partial charge in [0.25, 0.3) is 0 Å². The van der Waals surface area contributed by atoms with Crippen LogP contribution in [0.3, 0.4) is 0 Å². The minimum atomic E-state index is -0.772. The van der Waals surface area contributed by atoms with Gasteiger partial charge in [-0.25, -0.2) is 0 Å². The van der Waals surface area contributed by atoms with Crippen LogP contribution in [0.5, 0.6) is 0 Å². The molecule has 0 aromatic rings. The molecule has 0 aliphatic carbocycles. The first-order valence-electron chi connectivity index (χ1n) is 35.0. The fourth-order valence-electron chi connectivity index (χ4n) is 10.6. The van der Waals surface area contributed by atoms with E-state index in [0.29, 0.717) is 19.3 Å². The largest absolute Gasteiger partial charge is 0.462 e. The molecule has 0 amide bonds. The molecule has 0 saturated carbocycles. The third-order valence-electron chi connectivity index (χ3n) is 15.9. The highest BCUT2D eigenvalue weighted by atomic mass is 16.6. The van der Waals surface area contributed by atoms with E-state index in [1.807, 2.05) is 0 Å². The third-order valence-corrected chi connectivity index (χ3v) is 15.9. The van der Waals surface area contributed by atoms with E-state index in [1.165, 1.54) is 276 Å². The molecule has 0 fully saturated rings. The predicted molar refractivity (Wildman–Crippen MR) is 339 cm³/mol. The molecule has 6 nitrogen and oxygen atoms in total. The lowest BCUT2D eigenvalue weighted by molar-refractivity contribution is -0.167. The fraction of sp³-hybridized carbons (Fsp3) is 0.875. The van der Waals surface area contributed by atoms with Crippen molar-refractivity contribution in [1.82, 2.24) is 0 Å². The molecule has 0 spiro atoms. The molecule has 458 valence electrons. The summed E-state index contributed by atoms with van der Waals surface area (Å²) in [7, 11) is 0. The summed E-state index contributed by atoms with van der Waals surface area (Å²) in [6.45, 7) is 6.65. The lowest BCUT2D eigenvalue weighted by Crippen LogP contribution is -2.30. The fourth-order valence-corrected chi connectivity index (χ4v) is 10.6. The van der Waals surface area contributed by atoms with Crippen molar-refractivity contribution in [3.05, 3.63) is 36.5 Å². The first kappa shape index (κ1) is 75.6. The van der Waals surface area contributed by atoms with E-state index >= 15 is 0 Å². The standard InChI is InChI=1S/C72H134O6/c1-4-7-10-13-16-19-22-24-26-28-30-32-33-34-35-36-37-38-39-40-42-43-45-47-50-53-56-59-62-65-71(74)77-68-69(67-76-70(73)64-61-58-55-52-49-21-18-15-12-9-6-3)78-72(75)66-63-60-57-54-51-48-46-44-41-31-29-27-25-23-20-17-14-11-8-5-2/h15,18,22,24,28,30,69H,4-14,16-17,19-21,23,25-27,29,31-68H2,1-3H3/b18-15-,24-22-,30-28-. The number of rotatable bonds is 65. The SMILES string of the molecule is CCCC/C=C\CCCCCCCC(=O)OCC(COC(=O)CCCCCCCCCCCCCCCCCCC/C=C\C/C=C\CCCCCCC)OC(=O)CCCCCCCCCCCCCCCCCCCCCC. The Morgan fingerprint density at radius 1 is 0.256 bits per heavy atom. The van der Waals surface area contributed by atoms with Crippen LogP contribution in [0.1, 0.15) is 387 Å². The number of esters is 3. The topological polar surface area (TPSA) is 78.9 Å². The monoisotopic (exact) mass is 1100 g/mol. The second kappa shape index (κ2) is 67.1. The summed E-state index contributed by atoms with van der Waals surface area (Å²) in [5.41, 5.74) is 0. The average molecular weight is 1100 g/mol. The van der Waals surface area contributed by atoms with Gasteiger partial charge in [-0.2, -0.15) is 0 Å². The van der Waals surface area contributed by atoms with Gasteiger partial charge in [-0.05, 0) is 70.6 Å². The van der Waals surface area contributed by atoms with E-state index in [4.69, 9.17) is 14.2 Å². The lowest BCUT2D eigenvalue weighted by atomic mass is 10.0. The molecule has 78 heavy (non-hydrogen) atoms. The zero-order chi connectivity index (χ0) is 56.4. The van der Waals surface area contributed by atoms with E-state index in [1.54, 1.807) is 0 Å². The highest BCUT2D eigenvalue weighted by molar-refractivity contribution is 5.71. The zero-order valence-corrected chi connectivity index (χ0v) is 52.7. The molecular formula is C72H134O6. The van der Waals surface area contributed by atoms with Crippen LogP contribution in [0.4, 0.5) is 0 Å². The molecule has 0 saturated heterocycles. The Morgan fingerprint density at radius 3 is 0.756 bits per heavy atom. The summed E-state index contributed by atoms with van der Waals surface area (Å²) in [5.74, 6) is -0.851. The van der Waals surface area contributed by atoms with Gasteiger partial charge in [0, 0.05) is 19.3 Å². The van der Waals surface area contributed by atoms with Crippen LogP contribution in [-0.4, -0.2) is 37.2 Å². The molecule has 0 aromatic carbocycles. The molecule has 0 aliphatic heterocycles. The molecule has 0 N–H and O–H groups in total. The Balaban J connectivity index is 4.14. The van der Waals surface area contributed by atoms with Crippen molar-refractivity contribution in [1.29, 1.82) is 0 Å². The molecule has 0 aliphatic rings. The predicted octanol–water partition coefficient (Wildman–Crippen LogP) is 23.9. The van der Waals surface area contributed by atoms with Crippen LogP contribution in [0.15, 0.2) is 36.5 Å². The van der Waals surface area contributed by atoms with Gasteiger partial charge in [-0.3, -0.25) is 14.4 Å². The Bertz CT molecular complexity index is 1300. The van der Waals surface area contributed by atoms with Gasteiger partial charge in [-0.15, -0.1) is 0 Å². The molecule has 0 bridgehead atoms. The van der Waals surface area contributed by atoms with Gasteiger partial charge in [0.05, 0.1) is 0 Å². The summed E-state index contributed by atoms with van der Waals surface area (Å²) in [6, 6.07) is 0. The molecule has 6 heteroatoms. The maximum absolute atomic E-state index is 12.9. The minimum Gasteiger partial charge on any atom is -0.462 e. The lowest BCUT2D eigenvalue weighted by Gasteiger charge is -2.18. The van der Waals surface area contributed by atoms with Gasteiger partial charge < -0.3 is 14.2 Å². The van der Waals surface area contributed by atoms with Crippen LogP contribution >= 0.6 is 0 Å². The van der Waals surface area contributed by atoms with E-state index in [-0.39, 0.29) is 31.1 Å². The van der Waals surface area contributed by atoms with E-state index < -0.39 is 6.10 Å². The van der Waals surface area contributed by atoms with Gasteiger partial charge in [0.2, 0.25) is 0 Å². The number of unbranched alkanes of at least 4 members (excludes halogenated alkanes) is 48. The van der Waals surface area contributed by atoms with E-state index in [2.05, 4.69) is 57.2 Å². The number of carbonyl (C=O) groups excluding carboxylic acids is 3. The minimum absolute atomic E-state index is 0.0691. The summed E-state index contributed by atoms with van der Waals surface area (Å²) in [5, 5.41) is 0. The van der Waals surface area contributed by atoms with Crippen LogP contribution < -0.4 is 0 Å². The second-order valence-corrected chi connectivity index (χ2v) is 23.8. The highest BCUT2D eigenvalue weighted by Gasteiger charge is 2.19. The van der Waals surface area contributed by atoms with Gasteiger partial charge in [-0.1, -0.05) is 333 Å². The number of hydrogen-bond acceptors (Lipinski definition) is 6. The Kier molecular flexibility index (Phi) is 65.1. The van der Waals surface area contributed by atoms with Crippen molar-refractivity contribution < 1.29 is 28.6 Å². The molecule has 1 atom stereocenters. The smallest absolute Gasteiger partial charge is 0.306 e. The van der Waals surface area contributed by atoms with E-state index in [0.717, 1.165) is 70.6 Å². The Hall–Kier alpha value is -2.37. The normalized spacial score (nSPS) is 12.2. The van der Waals surface area contributed by atoms with Gasteiger partial charge in [0.1, 0.15) is 13.2 Å². The first-order chi connectivity index (χ1) is 38.5. The molecule has 1 unspecified atom stereocenters. The molecule has 0 rings (SSSR count). The van der Waals surface area contributed by atoms with Crippen molar-refractivity contribution in [2.45, 2.75) is 393 Å². The van der Waals surface area contributed by atoms with Crippen molar-refractivity contribution in [2.24, 2.45) is 0 Å². The molecular weight excluding hydrogens is 961 g/mol. The number of ether oxygens (including phenoxy) is 3. The van der Waals surface area contributed by atoms with Crippen LogP contribution in [0, 0.1) is 0 Å². The summed E-state index contributed by atoms with van der Waals surface area (Å²) >= 11 is 0. The van der Waals surface area contributed by atoms with Crippen molar-refractivity contribution in [3.63, 3.8) is 0 Å². The van der Waals surface area contributed by atoms with Crippen molar-refractivity contribution in [3.8, 4) is 0 Å². The summed E-state index contributed by atoms with van der Waals surface area (Å²) in [6.07, 6.45) is 83.3. The van der Waals surface area contributed by atoms with Gasteiger partial charge in [0.15, 0.2) is 6.10 Å². The Labute approximate surface area is 486 Å². The maximum Gasteiger partial charge on any atom is 0.306 e. The summed E-state index contributed by atoms with van der Waals surface area (Å²) < 4.78 is 17.0. The summed E-state index contributed by atoms with van der Waals surface area (Å²) in [4.78, 5) is 38.3. The highest BCUT2D eigenvalue weighted by Crippen LogP contribution is 2.18. The van der Waals surface area contributed by atoms with Crippen LogP contribution in [0.25, 0.3) is 0 Å². The number of hydrogen-bond donors (Lipinski definition) is 0. The Morgan fingerprint density at radius 2 is 0.474 bits per heavy atom. The maximum atomic E-state index is 12.9. The average Bonchev–Trinajstić information content (AvgIpc) is 3.44. The number of carbonyl (C=O) groups is 3. The first-order valence-corrected chi connectivity index (χ1v) is 35.0.